The molecule has 0 N–H and O–H groups in total. The maximum absolute atomic E-state index is 12.0. The van der Waals surface area contributed by atoms with E-state index in [-0.39, 0.29) is 17.9 Å². The van der Waals surface area contributed by atoms with Gasteiger partial charge in [-0.15, -0.1) is 10.1 Å². The smallest absolute Gasteiger partial charge is 0.294 e. The van der Waals surface area contributed by atoms with E-state index in [1.165, 1.54) is 0 Å². The largest absolute Gasteiger partial charge is 0.343 e. The molecule has 1 unspecified atom stereocenters. The van der Waals surface area contributed by atoms with Crippen molar-refractivity contribution in [1.82, 2.24) is 4.90 Å². The molecule has 1 aliphatic heterocycles. The van der Waals surface area contributed by atoms with Crippen LogP contribution in [-0.4, -0.2) is 35.6 Å². The van der Waals surface area contributed by atoms with Gasteiger partial charge in [-0.3, -0.25) is 4.79 Å². The van der Waals surface area contributed by atoms with Crippen molar-refractivity contribution in [3.05, 3.63) is 10.1 Å². The number of hydrogen-bond donors (Lipinski definition) is 0. The molecule has 1 saturated heterocycles. The fourth-order valence-electron chi connectivity index (χ4n) is 2.42. The molecule has 0 aromatic carbocycles. The van der Waals surface area contributed by atoms with Gasteiger partial charge in [0.05, 0.1) is 0 Å². The lowest BCUT2D eigenvalue weighted by atomic mass is 9.84. The zero-order valence-electron chi connectivity index (χ0n) is 12.1. The van der Waals surface area contributed by atoms with Gasteiger partial charge in [-0.25, -0.2) is 0 Å². The molecule has 1 heterocycles. The summed E-state index contributed by atoms with van der Waals surface area (Å²) in [4.78, 5) is 28.7. The minimum atomic E-state index is -0.738. The normalized spacial score (nSPS) is 24.1. The van der Waals surface area contributed by atoms with Crippen LogP contribution in [-0.2, 0) is 9.63 Å². The molecule has 0 aromatic rings. The molecule has 1 atom stereocenters. The summed E-state index contributed by atoms with van der Waals surface area (Å²) in [5.74, 6) is 0.550. The third-order valence-corrected chi connectivity index (χ3v) is 3.65. The van der Waals surface area contributed by atoms with Crippen LogP contribution in [0, 0.1) is 21.4 Å². The summed E-state index contributed by atoms with van der Waals surface area (Å²) >= 11 is 0. The van der Waals surface area contributed by atoms with Crippen molar-refractivity contribution in [1.29, 1.82) is 0 Å². The van der Waals surface area contributed by atoms with Crippen molar-refractivity contribution in [2.75, 3.05) is 19.7 Å². The molecule has 1 rings (SSSR count). The van der Waals surface area contributed by atoms with Gasteiger partial charge in [-0.2, -0.15) is 0 Å². The van der Waals surface area contributed by atoms with Crippen LogP contribution in [0.4, 0.5) is 0 Å². The molecule has 0 radical (unpaired) electrons. The predicted octanol–water partition coefficient (Wildman–Crippen LogP) is 2.26. The van der Waals surface area contributed by atoms with Crippen LogP contribution >= 0.6 is 0 Å². The van der Waals surface area contributed by atoms with Crippen LogP contribution in [0.25, 0.3) is 0 Å². The Labute approximate surface area is 114 Å². The third kappa shape index (κ3) is 5.44. The zero-order chi connectivity index (χ0) is 14.5. The fraction of sp³-hybridized carbons (Fsp3) is 0.923. The number of amides is 1. The van der Waals surface area contributed by atoms with E-state index in [1.807, 2.05) is 25.7 Å². The maximum atomic E-state index is 12.0. The molecular formula is C13H24N2O4. The average molecular weight is 272 g/mol. The first-order valence-corrected chi connectivity index (χ1v) is 6.87. The lowest BCUT2D eigenvalue weighted by molar-refractivity contribution is -0.761. The lowest BCUT2D eigenvalue weighted by Gasteiger charge is -2.27. The van der Waals surface area contributed by atoms with E-state index in [0.717, 1.165) is 25.8 Å². The van der Waals surface area contributed by atoms with Crippen molar-refractivity contribution in [2.24, 2.45) is 11.3 Å². The van der Waals surface area contributed by atoms with Crippen LogP contribution in [0.3, 0.4) is 0 Å². The quantitative estimate of drug-likeness (QED) is 0.568. The van der Waals surface area contributed by atoms with Crippen LogP contribution in [0.2, 0.25) is 0 Å². The molecule has 1 amide bonds. The summed E-state index contributed by atoms with van der Waals surface area (Å²) in [7, 11) is 0. The van der Waals surface area contributed by atoms with E-state index in [4.69, 9.17) is 0 Å². The number of carbonyl (C=O) groups excluding carboxylic acids is 1. The van der Waals surface area contributed by atoms with Gasteiger partial charge in [0.2, 0.25) is 5.91 Å². The molecule has 6 heteroatoms. The van der Waals surface area contributed by atoms with Crippen LogP contribution in [0.1, 0.15) is 46.5 Å². The molecule has 0 spiro atoms. The average Bonchev–Trinajstić information content (AvgIpc) is 2.49. The highest BCUT2D eigenvalue weighted by atomic mass is 16.9. The zero-order valence-corrected chi connectivity index (χ0v) is 12.1. The third-order valence-electron chi connectivity index (χ3n) is 3.65. The molecule has 6 nitrogen and oxygen atoms in total. The van der Waals surface area contributed by atoms with Crippen LogP contribution in [0.15, 0.2) is 0 Å². The summed E-state index contributed by atoms with van der Waals surface area (Å²) < 4.78 is 0. The molecule has 1 aliphatic rings. The molecule has 0 aromatic heterocycles. The number of nitrogens with zero attached hydrogens (tertiary/aromatic N) is 2. The van der Waals surface area contributed by atoms with Crippen LogP contribution in [0.5, 0.6) is 0 Å². The number of carbonyl (C=O) groups is 1. The van der Waals surface area contributed by atoms with E-state index >= 15 is 0 Å². The van der Waals surface area contributed by atoms with Gasteiger partial charge in [-0.1, -0.05) is 20.8 Å². The van der Waals surface area contributed by atoms with Gasteiger partial charge < -0.3 is 9.74 Å². The monoisotopic (exact) mass is 272 g/mol. The van der Waals surface area contributed by atoms with E-state index in [1.54, 1.807) is 0 Å². The highest BCUT2D eigenvalue weighted by Gasteiger charge is 2.30. The molecule has 19 heavy (non-hydrogen) atoms. The SMILES string of the molecule is CC(C)CC(=O)N1CCCC(C)(CO[N+](=O)[O-])CC1. The minimum absolute atomic E-state index is 0.117. The van der Waals surface area contributed by atoms with Crippen molar-refractivity contribution in [3.8, 4) is 0 Å². The second kappa shape index (κ2) is 6.73. The Morgan fingerprint density at radius 2 is 2.11 bits per heavy atom. The van der Waals surface area contributed by atoms with Gasteiger partial charge in [0.25, 0.3) is 5.09 Å². The summed E-state index contributed by atoms with van der Waals surface area (Å²) in [5, 5.41) is 9.54. The van der Waals surface area contributed by atoms with E-state index < -0.39 is 5.09 Å². The lowest BCUT2D eigenvalue weighted by Crippen LogP contribution is -2.33. The van der Waals surface area contributed by atoms with E-state index in [9.17, 15) is 14.9 Å². The standard InChI is InChI=1S/C13H24N2O4/c1-11(2)9-12(16)14-7-4-5-13(3,6-8-14)10-19-15(17)18/h11H,4-10H2,1-3H3. The molecule has 1 fully saturated rings. The molecule has 0 bridgehead atoms. The summed E-state index contributed by atoms with van der Waals surface area (Å²) in [6.07, 6.45) is 3.06. The Morgan fingerprint density at radius 1 is 1.42 bits per heavy atom. The van der Waals surface area contributed by atoms with Gasteiger partial charge >= 0.3 is 0 Å². The number of rotatable bonds is 5. The topological polar surface area (TPSA) is 72.7 Å². The first-order chi connectivity index (χ1) is 8.82. The van der Waals surface area contributed by atoms with E-state index in [0.29, 0.717) is 18.9 Å². The molecular weight excluding hydrogens is 248 g/mol. The van der Waals surface area contributed by atoms with E-state index in [2.05, 4.69) is 4.84 Å². The molecule has 110 valence electrons. The van der Waals surface area contributed by atoms with Crippen molar-refractivity contribution in [2.45, 2.75) is 46.5 Å². The van der Waals surface area contributed by atoms with Crippen molar-refractivity contribution < 1.29 is 14.7 Å². The van der Waals surface area contributed by atoms with Gasteiger partial charge in [0.15, 0.2) is 0 Å². The summed E-state index contributed by atoms with van der Waals surface area (Å²) in [5.41, 5.74) is -0.208. The number of likely N-dealkylation sites (tertiary alicyclic amines) is 1. The summed E-state index contributed by atoms with van der Waals surface area (Å²) in [6.45, 7) is 7.59. The first kappa shape index (κ1) is 15.7. The molecule has 0 saturated carbocycles. The Balaban J connectivity index is 2.50. The van der Waals surface area contributed by atoms with Gasteiger partial charge in [-0.05, 0) is 30.6 Å². The second-order valence-corrected chi connectivity index (χ2v) is 6.14. The predicted molar refractivity (Wildman–Crippen MR) is 70.9 cm³/mol. The highest BCUT2D eigenvalue weighted by molar-refractivity contribution is 5.76. The van der Waals surface area contributed by atoms with Crippen molar-refractivity contribution in [3.63, 3.8) is 0 Å². The maximum Gasteiger partial charge on any atom is 0.294 e. The van der Waals surface area contributed by atoms with Crippen LogP contribution < -0.4 is 0 Å². The summed E-state index contributed by atoms with van der Waals surface area (Å²) in [6, 6.07) is 0. The van der Waals surface area contributed by atoms with Crippen molar-refractivity contribution >= 4 is 5.91 Å². The Hall–Kier alpha value is -1.33. The Morgan fingerprint density at radius 3 is 2.68 bits per heavy atom. The van der Waals surface area contributed by atoms with Gasteiger partial charge in [0, 0.05) is 19.5 Å². The second-order valence-electron chi connectivity index (χ2n) is 6.14. The Bertz CT molecular complexity index is 333. The Kier molecular flexibility index (Phi) is 5.57. The minimum Gasteiger partial charge on any atom is -0.343 e. The first-order valence-electron chi connectivity index (χ1n) is 6.87. The fourth-order valence-corrected chi connectivity index (χ4v) is 2.42. The van der Waals surface area contributed by atoms with Gasteiger partial charge in [0.1, 0.15) is 6.61 Å². The highest BCUT2D eigenvalue weighted by Crippen LogP contribution is 2.31. The molecule has 0 aliphatic carbocycles. The number of hydrogen-bond acceptors (Lipinski definition) is 4.